The third kappa shape index (κ3) is 4.66. The number of ether oxygens (including phenoxy) is 1. The lowest BCUT2D eigenvalue weighted by Crippen LogP contribution is -2.51. The van der Waals surface area contributed by atoms with Gasteiger partial charge in [0.2, 0.25) is 5.91 Å². The Bertz CT molecular complexity index is 1060. The van der Waals surface area contributed by atoms with Crippen molar-refractivity contribution >= 4 is 46.1 Å². The number of hydrogen-bond donors (Lipinski definition) is 0. The van der Waals surface area contributed by atoms with Gasteiger partial charge in [0.1, 0.15) is 10.8 Å². The van der Waals surface area contributed by atoms with Crippen LogP contribution in [0.5, 0.6) is 5.75 Å². The maximum atomic E-state index is 12.7. The number of methoxy groups -OCH3 is 1. The Morgan fingerprint density at radius 2 is 1.90 bits per heavy atom. The summed E-state index contributed by atoms with van der Waals surface area (Å²) in [5.74, 6) is 0.645. The molecular formula is C21H20ClN3O3S2. The Morgan fingerprint density at radius 1 is 1.13 bits per heavy atom. The van der Waals surface area contributed by atoms with Gasteiger partial charge in [-0.25, -0.2) is 4.98 Å². The molecule has 30 heavy (non-hydrogen) atoms. The van der Waals surface area contributed by atoms with Gasteiger partial charge in [-0.05, 0) is 30.3 Å². The Morgan fingerprint density at radius 3 is 2.60 bits per heavy atom. The number of halogens is 1. The van der Waals surface area contributed by atoms with Gasteiger partial charge in [-0.1, -0.05) is 17.7 Å². The van der Waals surface area contributed by atoms with E-state index in [-0.39, 0.29) is 18.2 Å². The number of carbonyl (C=O) groups excluding carboxylic acids is 2. The van der Waals surface area contributed by atoms with Crippen LogP contribution in [0.3, 0.4) is 0 Å². The molecule has 1 aromatic carbocycles. The largest absolute Gasteiger partial charge is 0.497 e. The fraction of sp³-hybridized carbons (Fsp3) is 0.286. The molecule has 156 valence electrons. The first-order valence-electron chi connectivity index (χ1n) is 9.44. The second kappa shape index (κ2) is 9.16. The van der Waals surface area contributed by atoms with Crippen molar-refractivity contribution in [3.63, 3.8) is 0 Å². The molecule has 1 saturated heterocycles. The Kier molecular flexibility index (Phi) is 6.36. The fourth-order valence-electron chi connectivity index (χ4n) is 3.29. The molecule has 4 rings (SSSR count). The topological polar surface area (TPSA) is 62.7 Å². The van der Waals surface area contributed by atoms with Gasteiger partial charge in [0.15, 0.2) is 0 Å². The average Bonchev–Trinajstić information content (AvgIpc) is 3.42. The third-order valence-electron chi connectivity index (χ3n) is 4.90. The molecule has 6 nitrogen and oxygen atoms in total. The smallest absolute Gasteiger partial charge is 0.254 e. The highest BCUT2D eigenvalue weighted by Gasteiger charge is 2.25. The van der Waals surface area contributed by atoms with E-state index in [1.54, 1.807) is 35.1 Å². The monoisotopic (exact) mass is 461 g/mol. The zero-order valence-electron chi connectivity index (χ0n) is 16.3. The van der Waals surface area contributed by atoms with Crippen molar-refractivity contribution in [2.75, 3.05) is 33.3 Å². The lowest BCUT2D eigenvalue weighted by Gasteiger charge is -2.34. The van der Waals surface area contributed by atoms with Gasteiger partial charge < -0.3 is 14.5 Å². The summed E-state index contributed by atoms with van der Waals surface area (Å²) in [7, 11) is 1.58. The van der Waals surface area contributed by atoms with Crippen LogP contribution in [0.4, 0.5) is 0 Å². The van der Waals surface area contributed by atoms with Crippen LogP contribution < -0.4 is 4.74 Å². The summed E-state index contributed by atoms with van der Waals surface area (Å²) in [5, 5.41) is 2.80. The van der Waals surface area contributed by atoms with Crippen molar-refractivity contribution in [1.82, 2.24) is 14.8 Å². The molecule has 2 amide bonds. The number of hydrogen-bond acceptors (Lipinski definition) is 6. The van der Waals surface area contributed by atoms with Crippen LogP contribution in [-0.2, 0) is 11.2 Å². The van der Waals surface area contributed by atoms with Crippen molar-refractivity contribution in [3.05, 3.63) is 57.4 Å². The number of thiophene rings is 1. The van der Waals surface area contributed by atoms with E-state index in [2.05, 4.69) is 4.98 Å². The summed E-state index contributed by atoms with van der Waals surface area (Å²) in [6.07, 6.45) is 0.263. The molecule has 1 aliphatic heterocycles. The Labute approximate surface area is 187 Å². The standard InChI is InChI=1S/C21H20ClN3O3S2/c1-28-16-4-2-3-14(11-16)21(27)25-9-7-24(8-10-25)19(26)12-15-13-29-20(23-15)17-5-6-18(22)30-17/h2-6,11,13H,7-10,12H2,1H3. The Hall–Kier alpha value is -2.42. The van der Waals surface area contributed by atoms with E-state index < -0.39 is 0 Å². The van der Waals surface area contributed by atoms with Crippen LogP contribution in [0.25, 0.3) is 9.88 Å². The maximum absolute atomic E-state index is 12.7. The van der Waals surface area contributed by atoms with Crippen molar-refractivity contribution in [1.29, 1.82) is 0 Å². The molecule has 1 aliphatic rings. The highest BCUT2D eigenvalue weighted by molar-refractivity contribution is 7.23. The van der Waals surface area contributed by atoms with Gasteiger partial charge >= 0.3 is 0 Å². The number of aromatic nitrogens is 1. The van der Waals surface area contributed by atoms with E-state index in [9.17, 15) is 9.59 Å². The first kappa shape index (κ1) is 20.8. The van der Waals surface area contributed by atoms with E-state index in [0.29, 0.717) is 37.5 Å². The average molecular weight is 462 g/mol. The van der Waals surface area contributed by atoms with Crippen LogP contribution in [0.15, 0.2) is 41.8 Å². The van der Waals surface area contributed by atoms with Crippen molar-refractivity contribution < 1.29 is 14.3 Å². The number of benzene rings is 1. The molecule has 0 unspecified atom stereocenters. The van der Waals surface area contributed by atoms with E-state index in [4.69, 9.17) is 16.3 Å². The minimum atomic E-state index is -0.0419. The highest BCUT2D eigenvalue weighted by atomic mass is 35.5. The molecule has 0 N–H and O–H groups in total. The molecule has 0 spiro atoms. The first-order chi connectivity index (χ1) is 14.5. The van der Waals surface area contributed by atoms with Crippen LogP contribution in [-0.4, -0.2) is 59.9 Å². The minimum absolute atomic E-state index is 0.0320. The summed E-state index contributed by atoms with van der Waals surface area (Å²) in [4.78, 5) is 34.6. The molecule has 1 fully saturated rings. The van der Waals surface area contributed by atoms with Gasteiger partial charge in [-0.2, -0.15) is 0 Å². The molecular weight excluding hydrogens is 442 g/mol. The lowest BCUT2D eigenvalue weighted by molar-refractivity contribution is -0.132. The second-order valence-corrected chi connectivity index (χ2v) is 9.40. The van der Waals surface area contributed by atoms with Crippen LogP contribution >= 0.6 is 34.3 Å². The molecule has 2 aromatic heterocycles. The SMILES string of the molecule is COc1cccc(C(=O)N2CCN(C(=O)Cc3csc(-c4ccc(Cl)s4)n3)CC2)c1. The zero-order valence-corrected chi connectivity index (χ0v) is 18.7. The second-order valence-electron chi connectivity index (χ2n) is 6.83. The van der Waals surface area contributed by atoms with Gasteiger partial charge in [0, 0.05) is 37.1 Å². The normalized spacial score (nSPS) is 14.1. The van der Waals surface area contributed by atoms with Gasteiger partial charge in [-0.3, -0.25) is 9.59 Å². The van der Waals surface area contributed by atoms with E-state index >= 15 is 0 Å². The summed E-state index contributed by atoms with van der Waals surface area (Å²) in [5.41, 5.74) is 1.36. The fourth-order valence-corrected chi connectivity index (χ4v) is 5.23. The Balaban J connectivity index is 1.32. The van der Waals surface area contributed by atoms with Crippen molar-refractivity contribution in [3.8, 4) is 15.6 Å². The highest BCUT2D eigenvalue weighted by Crippen LogP contribution is 2.33. The van der Waals surface area contributed by atoms with Crippen LogP contribution in [0, 0.1) is 0 Å². The summed E-state index contributed by atoms with van der Waals surface area (Å²) in [6, 6.07) is 10.9. The molecule has 0 atom stereocenters. The van der Waals surface area contributed by atoms with Gasteiger partial charge in [-0.15, -0.1) is 22.7 Å². The number of nitrogens with zero attached hydrogens (tertiary/aromatic N) is 3. The van der Waals surface area contributed by atoms with E-state index in [1.807, 2.05) is 23.6 Å². The molecule has 0 aliphatic carbocycles. The first-order valence-corrected chi connectivity index (χ1v) is 11.5. The lowest BCUT2D eigenvalue weighted by atomic mass is 10.1. The van der Waals surface area contributed by atoms with Crippen LogP contribution in [0.1, 0.15) is 16.1 Å². The molecule has 3 aromatic rings. The molecule has 0 bridgehead atoms. The number of carbonyl (C=O) groups is 2. The predicted octanol–water partition coefficient (Wildman–Crippen LogP) is 4.06. The minimum Gasteiger partial charge on any atom is -0.497 e. The molecule has 0 radical (unpaired) electrons. The number of rotatable bonds is 5. The molecule has 9 heteroatoms. The van der Waals surface area contributed by atoms with Gasteiger partial charge in [0.05, 0.1) is 28.4 Å². The van der Waals surface area contributed by atoms with E-state index in [0.717, 1.165) is 19.9 Å². The third-order valence-corrected chi connectivity index (χ3v) is 7.20. The maximum Gasteiger partial charge on any atom is 0.254 e. The molecule has 0 saturated carbocycles. The summed E-state index contributed by atoms with van der Waals surface area (Å²) < 4.78 is 5.92. The van der Waals surface area contributed by atoms with E-state index in [1.165, 1.54) is 22.7 Å². The zero-order chi connectivity index (χ0) is 21.1. The number of piperazine rings is 1. The molecule has 3 heterocycles. The summed E-state index contributed by atoms with van der Waals surface area (Å²) >= 11 is 8.99. The van der Waals surface area contributed by atoms with Crippen molar-refractivity contribution in [2.45, 2.75) is 6.42 Å². The van der Waals surface area contributed by atoms with Crippen LogP contribution in [0.2, 0.25) is 4.34 Å². The van der Waals surface area contributed by atoms with Crippen molar-refractivity contribution in [2.24, 2.45) is 0 Å². The summed E-state index contributed by atoms with van der Waals surface area (Å²) in [6.45, 7) is 2.06. The number of amides is 2. The quantitative estimate of drug-likeness (QED) is 0.574. The number of thiazole rings is 1. The van der Waals surface area contributed by atoms with Gasteiger partial charge in [0.25, 0.3) is 5.91 Å². The predicted molar refractivity (Wildman–Crippen MR) is 120 cm³/mol.